The fourth-order valence-electron chi connectivity index (χ4n) is 3.83. The van der Waals surface area contributed by atoms with Crippen molar-refractivity contribution in [2.45, 2.75) is 63.6 Å². The predicted molar refractivity (Wildman–Crippen MR) is 117 cm³/mol. The van der Waals surface area contributed by atoms with Crippen LogP contribution in [0.25, 0.3) is 0 Å². The van der Waals surface area contributed by atoms with E-state index in [0.29, 0.717) is 5.82 Å². The number of carbonyl (C=O) groups is 1. The van der Waals surface area contributed by atoms with Crippen LogP contribution in [-0.4, -0.2) is 69.3 Å². The zero-order valence-corrected chi connectivity index (χ0v) is 20.2. The number of aromatic amines is 1. The minimum atomic E-state index is -4.78. The first-order valence-corrected chi connectivity index (χ1v) is 11.3. The number of H-pyrrole nitrogens is 1. The summed E-state index contributed by atoms with van der Waals surface area (Å²) < 4.78 is 68.6. The van der Waals surface area contributed by atoms with E-state index in [0.717, 1.165) is 0 Å². The van der Waals surface area contributed by atoms with Gasteiger partial charge in [0.05, 0.1) is 31.0 Å². The molecule has 0 spiro atoms. The van der Waals surface area contributed by atoms with Crippen LogP contribution in [0.4, 0.5) is 34.0 Å². The molecule has 0 aliphatic carbocycles. The topological polar surface area (TPSA) is 128 Å². The average molecular weight is 538 g/mol. The number of fused-ring (bicyclic) bond motifs is 1. The van der Waals surface area contributed by atoms with Gasteiger partial charge in [0.2, 0.25) is 5.62 Å². The quantitative estimate of drug-likeness (QED) is 0.381. The Morgan fingerprint density at radius 3 is 2.89 bits per heavy atom. The second-order valence-electron chi connectivity index (χ2n) is 9.00. The fraction of sp³-hybridized carbons (Fsp3) is 0.600. The highest BCUT2D eigenvalue weighted by Crippen LogP contribution is 2.34. The van der Waals surface area contributed by atoms with Crippen LogP contribution in [0.1, 0.15) is 32.6 Å². The molecule has 4 rings (SSSR count). The lowest BCUT2D eigenvalue weighted by molar-refractivity contribution is -0.328. The number of hydrogen-bond acceptors (Lipinski definition) is 8. The summed E-state index contributed by atoms with van der Waals surface area (Å²) in [6.07, 6.45) is -9.36. The molecule has 0 radical (unpaired) electrons. The number of alkyl carbamates (subject to hydrolysis) is 1. The van der Waals surface area contributed by atoms with Crippen molar-refractivity contribution in [3.63, 3.8) is 0 Å². The van der Waals surface area contributed by atoms with Gasteiger partial charge in [0.25, 0.3) is 0 Å². The maximum absolute atomic E-state index is 14.9. The first-order valence-electron chi connectivity index (χ1n) is 10.9. The molecule has 36 heavy (non-hydrogen) atoms. The van der Waals surface area contributed by atoms with Crippen molar-refractivity contribution in [3.8, 4) is 0 Å². The Labute approximate surface area is 207 Å². The molecule has 1 unspecified atom stereocenters. The molecule has 4 heterocycles. The van der Waals surface area contributed by atoms with Crippen molar-refractivity contribution in [2.75, 3.05) is 18.5 Å². The lowest BCUT2D eigenvalue weighted by Gasteiger charge is -2.24. The zero-order valence-electron chi connectivity index (χ0n) is 19.4. The van der Waals surface area contributed by atoms with Gasteiger partial charge in [-0.1, -0.05) is 11.6 Å². The van der Waals surface area contributed by atoms with Gasteiger partial charge in [0.1, 0.15) is 17.1 Å². The Bertz CT molecular complexity index is 1190. The van der Waals surface area contributed by atoms with Crippen LogP contribution in [-0.2, 0) is 20.8 Å². The summed E-state index contributed by atoms with van der Waals surface area (Å²) in [6.45, 7) is 4.28. The largest absolute Gasteiger partial charge is 0.522 e. The molecule has 0 saturated carbocycles. The first kappa shape index (κ1) is 26.2. The molecule has 198 valence electrons. The summed E-state index contributed by atoms with van der Waals surface area (Å²) in [5.41, 5.74) is -0.789. The summed E-state index contributed by atoms with van der Waals surface area (Å²) in [5.74, 6) is 0.493. The van der Waals surface area contributed by atoms with Crippen LogP contribution >= 0.6 is 11.6 Å². The Morgan fingerprint density at radius 1 is 1.44 bits per heavy atom. The first-order chi connectivity index (χ1) is 16.8. The Morgan fingerprint density at radius 2 is 2.19 bits per heavy atom. The van der Waals surface area contributed by atoms with E-state index >= 15 is 0 Å². The number of rotatable bonds is 6. The molecule has 16 heteroatoms. The van der Waals surface area contributed by atoms with Crippen molar-refractivity contribution < 1.29 is 36.6 Å². The highest BCUT2D eigenvalue weighted by molar-refractivity contribution is 6.29. The summed E-state index contributed by atoms with van der Waals surface area (Å²) in [4.78, 5) is 20.2. The lowest BCUT2D eigenvalue weighted by atomic mass is 10.1. The van der Waals surface area contributed by atoms with Gasteiger partial charge in [-0.25, -0.2) is 14.2 Å². The highest BCUT2D eigenvalue weighted by Gasteiger charge is 2.42. The van der Waals surface area contributed by atoms with E-state index in [2.05, 4.69) is 35.5 Å². The van der Waals surface area contributed by atoms with Gasteiger partial charge >= 0.3 is 12.5 Å². The van der Waals surface area contributed by atoms with Crippen LogP contribution in [0.2, 0.25) is 5.15 Å². The molecule has 1 saturated heterocycles. The van der Waals surface area contributed by atoms with Crippen molar-refractivity contribution in [3.05, 3.63) is 28.6 Å². The monoisotopic (exact) mass is 537 g/mol. The Hall–Kier alpha value is -2.91. The van der Waals surface area contributed by atoms with E-state index in [1.807, 2.05) is 0 Å². The van der Waals surface area contributed by atoms with Gasteiger partial charge in [0, 0.05) is 18.2 Å². The van der Waals surface area contributed by atoms with Crippen LogP contribution in [0.3, 0.4) is 0 Å². The van der Waals surface area contributed by atoms with Crippen LogP contribution in [0, 0.1) is 0 Å². The van der Waals surface area contributed by atoms with E-state index in [9.17, 15) is 22.4 Å². The maximum atomic E-state index is 14.9. The van der Waals surface area contributed by atoms with E-state index in [4.69, 9.17) is 21.1 Å². The number of carbonyl (C=O) groups excluding carboxylic acids is 1. The number of hydrogen-bond donors (Lipinski definition) is 3. The number of nitrogens with zero attached hydrogens (tertiary/aromatic N) is 4. The molecule has 4 atom stereocenters. The second-order valence-corrected chi connectivity index (χ2v) is 9.39. The second kappa shape index (κ2) is 9.86. The molecule has 2 aliphatic rings. The van der Waals surface area contributed by atoms with Gasteiger partial charge < -0.3 is 20.1 Å². The zero-order chi connectivity index (χ0) is 26.3. The summed E-state index contributed by atoms with van der Waals surface area (Å²) in [6, 6.07) is 2.71. The van der Waals surface area contributed by atoms with Crippen LogP contribution in [0.15, 0.2) is 17.1 Å². The molecule has 0 bridgehead atoms. The van der Waals surface area contributed by atoms with Crippen molar-refractivity contribution >= 4 is 29.3 Å². The molecule has 0 aromatic carbocycles. The van der Waals surface area contributed by atoms with E-state index in [1.54, 1.807) is 20.8 Å². The minimum absolute atomic E-state index is 0.0480. The van der Waals surface area contributed by atoms with Crippen molar-refractivity contribution in [1.82, 2.24) is 25.1 Å². The van der Waals surface area contributed by atoms with Crippen molar-refractivity contribution in [2.24, 2.45) is 4.99 Å². The minimum Gasteiger partial charge on any atom is -0.441 e. The predicted octanol–water partition coefficient (Wildman–Crippen LogP) is 3.13. The Balaban J connectivity index is 1.51. The molecule has 2 aromatic rings. The summed E-state index contributed by atoms with van der Waals surface area (Å²) >= 11 is 6.07. The smallest absolute Gasteiger partial charge is 0.441 e. The lowest BCUT2D eigenvalue weighted by Crippen LogP contribution is -2.41. The van der Waals surface area contributed by atoms with Crippen LogP contribution < -0.4 is 16.3 Å². The summed E-state index contributed by atoms with van der Waals surface area (Å²) in [7, 11) is 0. The Kier molecular flexibility index (Phi) is 7.16. The van der Waals surface area contributed by atoms with Gasteiger partial charge in [-0.2, -0.15) is 10.1 Å². The van der Waals surface area contributed by atoms with E-state index in [-0.39, 0.29) is 41.5 Å². The van der Waals surface area contributed by atoms with Gasteiger partial charge in [-0.3, -0.25) is 14.4 Å². The van der Waals surface area contributed by atoms with Crippen LogP contribution in [0.5, 0.6) is 0 Å². The number of nitrogens with one attached hydrogen (secondary N) is 3. The van der Waals surface area contributed by atoms with Gasteiger partial charge in [0.15, 0.2) is 18.1 Å². The molecule has 2 aliphatic heterocycles. The average Bonchev–Trinajstić information content (AvgIpc) is 3.44. The van der Waals surface area contributed by atoms with E-state index < -0.39 is 43.0 Å². The van der Waals surface area contributed by atoms with Gasteiger partial charge in [-0.15, -0.1) is 13.2 Å². The molecular weight excluding hydrogens is 514 g/mol. The fourth-order valence-corrected chi connectivity index (χ4v) is 4.01. The number of aromatic nitrogens is 4. The number of ether oxygens (including phenoxy) is 3. The van der Waals surface area contributed by atoms with Gasteiger partial charge in [-0.05, 0) is 20.8 Å². The number of alkyl halides is 4. The molecule has 11 nitrogen and oxygen atoms in total. The third kappa shape index (κ3) is 6.07. The number of amides is 1. The SMILES string of the molecule is CC(C)NC(=O)O[C@@H]1CO[C@H](c2cc(N=c3nc(Cl)cc4n3CC(C)(COC(F)(F)F)N4)n[nH]2)[C@H]1F. The molecule has 1 amide bonds. The molecule has 1 fully saturated rings. The summed E-state index contributed by atoms with van der Waals surface area (Å²) in [5, 5.41) is 12.2. The number of halogens is 5. The maximum Gasteiger partial charge on any atom is 0.522 e. The normalized spacial score (nSPS) is 26.2. The highest BCUT2D eigenvalue weighted by atomic mass is 35.5. The number of anilines is 1. The standard InChI is InChI=1S/C20H24ClF4N7O4/c1-9(2)26-18(33)36-11-6-34-16(15(11)22)10-4-13(31-30-10)28-17-27-12(21)5-14-29-19(3,7-32(14)17)8-35-20(23,24)25/h4-5,9,11,15-16,29H,6-8H2,1-3H3,(H,26,33)(H,30,31)/t11-,15+,16-,19?/m1/s1. The third-order valence-electron chi connectivity index (χ3n) is 5.34. The molecule has 2 aromatic heterocycles. The third-order valence-corrected chi connectivity index (χ3v) is 5.53. The van der Waals surface area contributed by atoms with Crippen molar-refractivity contribution in [1.29, 1.82) is 0 Å². The molecular formula is C20H24ClF4N7O4. The molecule has 3 N–H and O–H groups in total. The van der Waals surface area contributed by atoms with E-state index in [1.165, 1.54) is 16.7 Å².